The minimum atomic E-state index is -3.79. The molecular formula is C13H13FN4O2S. The predicted octanol–water partition coefficient (Wildman–Crippen LogP) is 1.39. The molecular weight excluding hydrogens is 295 g/mol. The first-order valence-corrected chi connectivity index (χ1v) is 7.64. The molecule has 0 saturated carbocycles. The second kappa shape index (κ2) is 6.03. The van der Waals surface area contributed by atoms with E-state index in [0.717, 1.165) is 6.07 Å². The molecule has 0 atom stereocenters. The Morgan fingerprint density at radius 3 is 2.81 bits per heavy atom. The van der Waals surface area contributed by atoms with Crippen LogP contribution in [0, 0.1) is 17.1 Å². The van der Waals surface area contributed by atoms with Crippen LogP contribution in [0.4, 0.5) is 4.39 Å². The number of hydrogen-bond acceptors (Lipinski definition) is 4. The van der Waals surface area contributed by atoms with Crippen molar-refractivity contribution < 1.29 is 12.8 Å². The van der Waals surface area contributed by atoms with E-state index in [4.69, 9.17) is 5.26 Å². The largest absolute Gasteiger partial charge is 0.336 e. The van der Waals surface area contributed by atoms with Crippen LogP contribution in [-0.2, 0) is 23.1 Å². The van der Waals surface area contributed by atoms with Crippen molar-refractivity contribution in [2.24, 2.45) is 0 Å². The number of nitriles is 1. The Kier molecular flexibility index (Phi) is 4.35. The van der Waals surface area contributed by atoms with Gasteiger partial charge in [-0.3, -0.25) is 0 Å². The zero-order valence-corrected chi connectivity index (χ0v) is 12.1. The lowest BCUT2D eigenvalue weighted by molar-refractivity contribution is 0.571. The highest BCUT2D eigenvalue weighted by Gasteiger charge is 2.17. The van der Waals surface area contributed by atoms with Crippen molar-refractivity contribution in [3.63, 3.8) is 0 Å². The standard InChI is InChI=1S/C13H13FN4O2S/c1-2-18-8-13(16-9-18)21(19,20)17-7-11-4-3-10(6-15)5-12(11)14/h3-5,8-9,17H,2,7H2,1H3. The van der Waals surface area contributed by atoms with Crippen molar-refractivity contribution in [3.8, 4) is 6.07 Å². The zero-order valence-electron chi connectivity index (χ0n) is 11.2. The SMILES string of the molecule is CCn1cnc(S(=O)(=O)NCc2ccc(C#N)cc2F)c1. The molecule has 0 aliphatic heterocycles. The molecule has 1 N–H and O–H groups in total. The predicted molar refractivity (Wildman–Crippen MR) is 73.0 cm³/mol. The minimum Gasteiger partial charge on any atom is -0.336 e. The molecule has 1 heterocycles. The first-order chi connectivity index (χ1) is 9.96. The van der Waals surface area contributed by atoms with Gasteiger partial charge in [0.1, 0.15) is 5.82 Å². The summed E-state index contributed by atoms with van der Waals surface area (Å²) < 4.78 is 41.6. The Morgan fingerprint density at radius 1 is 1.48 bits per heavy atom. The van der Waals surface area contributed by atoms with Gasteiger partial charge in [0.15, 0.2) is 5.03 Å². The smallest absolute Gasteiger partial charge is 0.259 e. The summed E-state index contributed by atoms with van der Waals surface area (Å²) in [5.74, 6) is -0.629. The molecule has 1 aromatic heterocycles. The highest BCUT2D eigenvalue weighted by molar-refractivity contribution is 7.89. The second-order valence-corrected chi connectivity index (χ2v) is 6.00. The Balaban J connectivity index is 2.13. The number of aromatic nitrogens is 2. The van der Waals surface area contributed by atoms with Crippen molar-refractivity contribution in [2.75, 3.05) is 0 Å². The first kappa shape index (κ1) is 15.2. The number of imidazole rings is 1. The van der Waals surface area contributed by atoms with Crippen LogP contribution in [0.2, 0.25) is 0 Å². The van der Waals surface area contributed by atoms with E-state index >= 15 is 0 Å². The number of nitrogens with one attached hydrogen (secondary N) is 1. The van der Waals surface area contributed by atoms with Gasteiger partial charge in [0.2, 0.25) is 0 Å². The molecule has 0 spiro atoms. The van der Waals surface area contributed by atoms with Crippen LogP contribution in [-0.4, -0.2) is 18.0 Å². The van der Waals surface area contributed by atoms with E-state index in [9.17, 15) is 12.8 Å². The number of hydrogen-bond donors (Lipinski definition) is 1. The van der Waals surface area contributed by atoms with Crippen LogP contribution >= 0.6 is 0 Å². The lowest BCUT2D eigenvalue weighted by Crippen LogP contribution is -2.24. The summed E-state index contributed by atoms with van der Waals surface area (Å²) in [5.41, 5.74) is 0.341. The van der Waals surface area contributed by atoms with E-state index in [1.165, 1.54) is 24.7 Å². The summed E-state index contributed by atoms with van der Waals surface area (Å²) in [4.78, 5) is 3.80. The normalized spacial score (nSPS) is 11.3. The van der Waals surface area contributed by atoms with E-state index in [-0.39, 0.29) is 22.7 Å². The maximum Gasteiger partial charge on any atom is 0.259 e. The maximum atomic E-state index is 13.7. The lowest BCUT2D eigenvalue weighted by atomic mass is 10.1. The molecule has 2 rings (SSSR count). The fourth-order valence-electron chi connectivity index (χ4n) is 1.66. The molecule has 0 unspecified atom stereocenters. The average molecular weight is 308 g/mol. The summed E-state index contributed by atoms with van der Waals surface area (Å²) in [6.45, 7) is 2.25. The number of benzene rings is 1. The topological polar surface area (TPSA) is 87.8 Å². The Labute approximate surface area is 121 Å². The second-order valence-electron chi connectivity index (χ2n) is 4.28. The van der Waals surface area contributed by atoms with E-state index in [1.54, 1.807) is 4.57 Å². The number of sulfonamides is 1. The molecule has 6 nitrogen and oxygen atoms in total. The molecule has 8 heteroatoms. The third-order valence-electron chi connectivity index (χ3n) is 2.88. The first-order valence-electron chi connectivity index (χ1n) is 6.16. The van der Waals surface area contributed by atoms with Crippen LogP contribution < -0.4 is 4.72 Å². The van der Waals surface area contributed by atoms with E-state index < -0.39 is 15.8 Å². The number of aryl methyl sites for hydroxylation is 1. The Hall–Kier alpha value is -2.24. The summed E-state index contributed by atoms with van der Waals surface area (Å²) in [5, 5.41) is 8.54. The molecule has 0 bridgehead atoms. The van der Waals surface area contributed by atoms with Crippen molar-refractivity contribution >= 4 is 10.0 Å². The molecule has 0 fully saturated rings. The van der Waals surface area contributed by atoms with Gasteiger partial charge in [0, 0.05) is 24.8 Å². The molecule has 110 valence electrons. The van der Waals surface area contributed by atoms with Crippen LogP contribution in [0.15, 0.2) is 35.7 Å². The van der Waals surface area contributed by atoms with Gasteiger partial charge >= 0.3 is 0 Å². The summed E-state index contributed by atoms with van der Waals surface area (Å²) in [6, 6.07) is 5.68. The third kappa shape index (κ3) is 3.45. The molecule has 0 aliphatic rings. The van der Waals surface area contributed by atoms with Gasteiger partial charge in [0.25, 0.3) is 10.0 Å². The summed E-state index contributed by atoms with van der Waals surface area (Å²) in [6.07, 6.45) is 2.81. The minimum absolute atomic E-state index is 0.113. The fraction of sp³-hybridized carbons (Fsp3) is 0.231. The van der Waals surface area contributed by atoms with Gasteiger partial charge in [0.05, 0.1) is 18.0 Å². The van der Waals surface area contributed by atoms with Gasteiger partial charge in [-0.2, -0.15) is 5.26 Å². The van der Waals surface area contributed by atoms with Gasteiger partial charge in [-0.05, 0) is 19.1 Å². The van der Waals surface area contributed by atoms with Crippen LogP contribution in [0.1, 0.15) is 18.1 Å². The molecule has 0 aliphatic carbocycles. The molecule has 0 saturated heterocycles. The van der Waals surface area contributed by atoms with E-state index in [1.807, 2.05) is 13.0 Å². The van der Waals surface area contributed by atoms with Gasteiger partial charge in [-0.15, -0.1) is 0 Å². The van der Waals surface area contributed by atoms with Crippen molar-refractivity contribution in [1.82, 2.24) is 14.3 Å². The third-order valence-corrected chi connectivity index (χ3v) is 4.17. The van der Waals surface area contributed by atoms with Crippen molar-refractivity contribution in [1.29, 1.82) is 5.26 Å². The van der Waals surface area contributed by atoms with Crippen LogP contribution in [0.5, 0.6) is 0 Å². The number of nitrogens with zero attached hydrogens (tertiary/aromatic N) is 3. The highest BCUT2D eigenvalue weighted by Crippen LogP contribution is 2.11. The molecule has 0 radical (unpaired) electrons. The van der Waals surface area contributed by atoms with Crippen LogP contribution in [0.3, 0.4) is 0 Å². The summed E-state index contributed by atoms with van der Waals surface area (Å²) in [7, 11) is -3.79. The molecule has 21 heavy (non-hydrogen) atoms. The van der Waals surface area contributed by atoms with Crippen molar-refractivity contribution in [3.05, 3.63) is 47.7 Å². The fourth-order valence-corrected chi connectivity index (χ4v) is 2.61. The average Bonchev–Trinajstić information content (AvgIpc) is 2.95. The van der Waals surface area contributed by atoms with Gasteiger partial charge in [-0.1, -0.05) is 6.07 Å². The zero-order chi connectivity index (χ0) is 15.5. The monoisotopic (exact) mass is 308 g/mol. The lowest BCUT2D eigenvalue weighted by Gasteiger charge is -2.05. The number of rotatable bonds is 5. The van der Waals surface area contributed by atoms with Gasteiger partial charge in [-0.25, -0.2) is 22.5 Å². The molecule has 1 aromatic carbocycles. The molecule has 0 amide bonds. The Bertz CT molecular complexity index is 793. The summed E-state index contributed by atoms with van der Waals surface area (Å²) >= 11 is 0. The van der Waals surface area contributed by atoms with Crippen molar-refractivity contribution in [2.45, 2.75) is 25.0 Å². The Morgan fingerprint density at radius 2 is 2.24 bits per heavy atom. The van der Waals surface area contributed by atoms with Crippen LogP contribution in [0.25, 0.3) is 0 Å². The van der Waals surface area contributed by atoms with E-state index in [0.29, 0.717) is 6.54 Å². The maximum absolute atomic E-state index is 13.7. The molecule has 2 aromatic rings. The van der Waals surface area contributed by atoms with Gasteiger partial charge < -0.3 is 4.57 Å². The quantitative estimate of drug-likeness (QED) is 0.904. The number of halogens is 1. The van der Waals surface area contributed by atoms with E-state index in [2.05, 4.69) is 9.71 Å². The highest BCUT2D eigenvalue weighted by atomic mass is 32.2.